The Balaban J connectivity index is 1.97. The lowest BCUT2D eigenvalue weighted by Gasteiger charge is -2.28. The van der Waals surface area contributed by atoms with Gasteiger partial charge in [-0.25, -0.2) is 12.7 Å². The maximum Gasteiger partial charge on any atom is 0.215 e. The van der Waals surface area contributed by atoms with Crippen LogP contribution in [0.5, 0.6) is 0 Å². The van der Waals surface area contributed by atoms with Crippen molar-refractivity contribution < 1.29 is 8.42 Å². The van der Waals surface area contributed by atoms with Crippen molar-refractivity contribution in [3.05, 3.63) is 0 Å². The molecule has 19 heavy (non-hydrogen) atoms. The van der Waals surface area contributed by atoms with Crippen LogP contribution in [0.3, 0.4) is 0 Å². The van der Waals surface area contributed by atoms with Crippen molar-refractivity contribution in [1.29, 1.82) is 0 Å². The Hall–Kier alpha value is -0.130. The van der Waals surface area contributed by atoms with Gasteiger partial charge in [0.05, 0.1) is 5.75 Å². The van der Waals surface area contributed by atoms with Crippen molar-refractivity contribution in [2.24, 2.45) is 5.41 Å². The van der Waals surface area contributed by atoms with Gasteiger partial charge in [0.15, 0.2) is 0 Å². The minimum Gasteiger partial charge on any atom is -0.313 e. The number of piperidine rings is 1. The highest BCUT2D eigenvalue weighted by Crippen LogP contribution is 2.38. The quantitative estimate of drug-likeness (QED) is 0.841. The lowest BCUT2D eigenvalue weighted by Crippen LogP contribution is -2.44. The van der Waals surface area contributed by atoms with E-state index >= 15 is 0 Å². The molecule has 2 heterocycles. The number of hydrogen-bond acceptors (Lipinski definition) is 3. The maximum atomic E-state index is 12.5. The topological polar surface area (TPSA) is 49.4 Å². The summed E-state index contributed by atoms with van der Waals surface area (Å²) in [5.41, 5.74) is 0.229. The van der Waals surface area contributed by atoms with Gasteiger partial charge in [-0.15, -0.1) is 0 Å². The first-order valence-electron chi connectivity index (χ1n) is 7.72. The van der Waals surface area contributed by atoms with Gasteiger partial charge in [-0.05, 0) is 44.1 Å². The van der Waals surface area contributed by atoms with Gasteiger partial charge >= 0.3 is 0 Å². The van der Waals surface area contributed by atoms with E-state index in [9.17, 15) is 8.42 Å². The van der Waals surface area contributed by atoms with Crippen molar-refractivity contribution in [1.82, 2.24) is 9.62 Å². The van der Waals surface area contributed by atoms with Crippen molar-refractivity contribution in [2.75, 3.05) is 25.4 Å². The number of nitrogens with zero attached hydrogens (tertiary/aromatic N) is 1. The van der Waals surface area contributed by atoms with E-state index in [2.05, 4.69) is 19.2 Å². The molecule has 5 heteroatoms. The highest BCUT2D eigenvalue weighted by atomic mass is 32.2. The molecule has 0 radical (unpaired) electrons. The molecule has 0 aromatic heterocycles. The summed E-state index contributed by atoms with van der Waals surface area (Å²) in [7, 11) is -3.08. The van der Waals surface area contributed by atoms with E-state index in [1.165, 1.54) is 6.42 Å². The minimum absolute atomic E-state index is 0.164. The summed E-state index contributed by atoms with van der Waals surface area (Å²) in [4.78, 5) is 0. The van der Waals surface area contributed by atoms with Crippen LogP contribution in [0.4, 0.5) is 0 Å². The first-order chi connectivity index (χ1) is 9.01. The number of hydrogen-bond donors (Lipinski definition) is 1. The lowest BCUT2D eigenvalue weighted by molar-refractivity contribution is 0.279. The fraction of sp³-hybridized carbons (Fsp3) is 1.00. The lowest BCUT2D eigenvalue weighted by atomic mass is 9.82. The zero-order valence-corrected chi connectivity index (χ0v) is 13.1. The second-order valence-electron chi connectivity index (χ2n) is 6.22. The maximum absolute atomic E-state index is 12.5. The van der Waals surface area contributed by atoms with E-state index in [0.717, 1.165) is 51.7 Å². The molecule has 0 bridgehead atoms. The molecule has 0 amide bonds. The van der Waals surface area contributed by atoms with Crippen LogP contribution < -0.4 is 5.32 Å². The highest BCUT2D eigenvalue weighted by Gasteiger charge is 2.40. The fourth-order valence-electron chi connectivity index (χ4n) is 3.38. The van der Waals surface area contributed by atoms with Crippen LogP contribution >= 0.6 is 0 Å². The van der Waals surface area contributed by atoms with Crippen molar-refractivity contribution in [3.63, 3.8) is 0 Å². The van der Waals surface area contributed by atoms with Gasteiger partial charge in [-0.2, -0.15) is 0 Å². The van der Waals surface area contributed by atoms with E-state index < -0.39 is 10.0 Å². The van der Waals surface area contributed by atoms with Crippen LogP contribution in [0.1, 0.15) is 52.4 Å². The van der Waals surface area contributed by atoms with Crippen LogP contribution in [0, 0.1) is 5.41 Å². The zero-order chi connectivity index (χ0) is 13.9. The van der Waals surface area contributed by atoms with Gasteiger partial charge < -0.3 is 5.32 Å². The van der Waals surface area contributed by atoms with Crippen LogP contribution in [0.15, 0.2) is 0 Å². The van der Waals surface area contributed by atoms with Gasteiger partial charge in [0, 0.05) is 19.1 Å². The second-order valence-corrected chi connectivity index (χ2v) is 8.23. The first-order valence-corrected chi connectivity index (χ1v) is 9.33. The summed E-state index contributed by atoms with van der Waals surface area (Å²) in [5, 5.41) is 3.34. The summed E-state index contributed by atoms with van der Waals surface area (Å²) < 4.78 is 26.8. The molecule has 0 spiro atoms. The zero-order valence-electron chi connectivity index (χ0n) is 12.3. The van der Waals surface area contributed by atoms with Gasteiger partial charge in [0.25, 0.3) is 0 Å². The Bertz CT molecular complexity index is 384. The molecular formula is C14H28N2O2S. The smallest absolute Gasteiger partial charge is 0.215 e. The van der Waals surface area contributed by atoms with Gasteiger partial charge in [0.2, 0.25) is 10.0 Å². The third-order valence-electron chi connectivity index (χ3n) is 5.12. The molecule has 0 saturated carbocycles. The Morgan fingerprint density at radius 2 is 2.00 bits per heavy atom. The summed E-state index contributed by atoms with van der Waals surface area (Å²) in [6.45, 7) is 6.78. The molecule has 4 nitrogen and oxygen atoms in total. The van der Waals surface area contributed by atoms with Crippen LogP contribution in [-0.4, -0.2) is 44.2 Å². The summed E-state index contributed by atoms with van der Waals surface area (Å²) >= 11 is 0. The Labute approximate surface area is 118 Å². The molecule has 112 valence electrons. The van der Waals surface area contributed by atoms with Gasteiger partial charge in [0.1, 0.15) is 0 Å². The molecule has 2 aliphatic heterocycles. The number of sulfonamides is 1. The monoisotopic (exact) mass is 288 g/mol. The predicted octanol–water partition coefficient (Wildman–Crippen LogP) is 1.97. The molecule has 1 atom stereocenters. The third kappa shape index (κ3) is 3.50. The molecule has 2 aliphatic rings. The molecule has 0 aromatic rings. The van der Waals surface area contributed by atoms with Crippen molar-refractivity contribution in [3.8, 4) is 0 Å². The van der Waals surface area contributed by atoms with Crippen LogP contribution in [-0.2, 0) is 10.0 Å². The molecule has 1 N–H and O–H groups in total. The van der Waals surface area contributed by atoms with Gasteiger partial charge in [-0.1, -0.05) is 20.3 Å². The molecular weight excluding hydrogens is 260 g/mol. The Morgan fingerprint density at radius 1 is 1.26 bits per heavy atom. The van der Waals surface area contributed by atoms with Gasteiger partial charge in [-0.3, -0.25) is 0 Å². The highest BCUT2D eigenvalue weighted by molar-refractivity contribution is 7.89. The standard InChI is InChI=1S/C14H28N2O2S/c1-3-14(4-2)8-10-16(12-14)19(17,18)11-13-7-5-6-9-15-13/h13,15H,3-12H2,1-2H3. The number of rotatable bonds is 5. The molecule has 2 saturated heterocycles. The average molecular weight is 288 g/mol. The van der Waals surface area contributed by atoms with E-state index in [1.54, 1.807) is 4.31 Å². The normalized spacial score (nSPS) is 28.6. The largest absolute Gasteiger partial charge is 0.313 e. The fourth-order valence-corrected chi connectivity index (χ4v) is 5.23. The molecule has 1 unspecified atom stereocenters. The molecule has 2 fully saturated rings. The summed E-state index contributed by atoms with van der Waals surface area (Å²) in [6.07, 6.45) is 6.52. The molecule has 0 aliphatic carbocycles. The van der Waals surface area contributed by atoms with Crippen molar-refractivity contribution in [2.45, 2.75) is 58.4 Å². The Morgan fingerprint density at radius 3 is 2.53 bits per heavy atom. The van der Waals surface area contributed by atoms with E-state index in [4.69, 9.17) is 0 Å². The van der Waals surface area contributed by atoms with Crippen LogP contribution in [0.25, 0.3) is 0 Å². The summed E-state index contributed by atoms with van der Waals surface area (Å²) in [5.74, 6) is 0.288. The first kappa shape index (κ1) is 15.3. The van der Waals surface area contributed by atoms with E-state index in [0.29, 0.717) is 0 Å². The Kier molecular flexibility index (Phi) is 4.90. The predicted molar refractivity (Wildman–Crippen MR) is 78.6 cm³/mol. The molecule has 0 aromatic carbocycles. The second kappa shape index (κ2) is 6.10. The van der Waals surface area contributed by atoms with Crippen molar-refractivity contribution >= 4 is 10.0 Å². The summed E-state index contributed by atoms with van der Waals surface area (Å²) in [6, 6.07) is 0.164. The van der Waals surface area contributed by atoms with E-state index in [-0.39, 0.29) is 17.2 Å². The SMILES string of the molecule is CCC1(CC)CCN(S(=O)(=O)CC2CCCCN2)C1. The number of nitrogens with one attached hydrogen (secondary N) is 1. The van der Waals surface area contributed by atoms with E-state index in [1.807, 2.05) is 0 Å². The minimum atomic E-state index is -3.08. The average Bonchev–Trinajstić information content (AvgIpc) is 2.85. The van der Waals surface area contributed by atoms with Crippen LogP contribution in [0.2, 0.25) is 0 Å². The third-order valence-corrected chi connectivity index (χ3v) is 7.04. The molecule has 2 rings (SSSR count).